The molecule has 0 atom stereocenters. The molecule has 4 N–H and O–H groups in total. The number of aromatic nitrogens is 1. The molecule has 2 rings (SSSR count). The van der Waals surface area contributed by atoms with Crippen molar-refractivity contribution < 1.29 is 9.90 Å². The first-order chi connectivity index (χ1) is 9.60. The van der Waals surface area contributed by atoms with E-state index in [2.05, 4.69) is 10.3 Å². The molecule has 6 nitrogen and oxygen atoms in total. The number of hydrogen-bond donors (Lipinski definition) is 3. The standard InChI is InChI=1S/C14H12N4O2/c15-6-9-1-3-10(4-2-9)7-17-13-12(14(19)20)5-11(16)8-18-13/h1-5,8H,7,16H2,(H,17,18)(H,19,20). The summed E-state index contributed by atoms with van der Waals surface area (Å²) in [6, 6.07) is 10.4. The van der Waals surface area contributed by atoms with E-state index in [4.69, 9.17) is 16.1 Å². The van der Waals surface area contributed by atoms with E-state index in [9.17, 15) is 4.79 Å². The van der Waals surface area contributed by atoms with E-state index in [-0.39, 0.29) is 11.4 Å². The summed E-state index contributed by atoms with van der Waals surface area (Å²) in [4.78, 5) is 15.1. The average Bonchev–Trinajstić information content (AvgIpc) is 2.46. The second-order valence-electron chi connectivity index (χ2n) is 4.13. The van der Waals surface area contributed by atoms with E-state index in [0.29, 0.717) is 17.8 Å². The number of carboxylic acid groups (broad SMARTS) is 1. The van der Waals surface area contributed by atoms with Gasteiger partial charge in [-0.25, -0.2) is 9.78 Å². The van der Waals surface area contributed by atoms with Crippen molar-refractivity contribution >= 4 is 17.5 Å². The maximum Gasteiger partial charge on any atom is 0.339 e. The second-order valence-corrected chi connectivity index (χ2v) is 4.13. The highest BCUT2D eigenvalue weighted by molar-refractivity contribution is 5.94. The molecule has 0 saturated carbocycles. The molecule has 0 unspecified atom stereocenters. The molecule has 1 heterocycles. The lowest BCUT2D eigenvalue weighted by Gasteiger charge is -2.09. The number of pyridine rings is 1. The maximum atomic E-state index is 11.1. The molecule has 0 aliphatic rings. The van der Waals surface area contributed by atoms with E-state index in [1.54, 1.807) is 24.3 Å². The van der Waals surface area contributed by atoms with Gasteiger partial charge in [-0.1, -0.05) is 12.1 Å². The molecular formula is C14H12N4O2. The minimum atomic E-state index is -1.09. The third kappa shape index (κ3) is 3.03. The monoisotopic (exact) mass is 268 g/mol. The highest BCUT2D eigenvalue weighted by Crippen LogP contribution is 2.16. The largest absolute Gasteiger partial charge is 0.478 e. The normalized spacial score (nSPS) is 9.75. The van der Waals surface area contributed by atoms with Gasteiger partial charge in [0.1, 0.15) is 11.4 Å². The second kappa shape index (κ2) is 5.71. The van der Waals surface area contributed by atoms with Crippen molar-refractivity contribution in [2.45, 2.75) is 6.54 Å². The van der Waals surface area contributed by atoms with Crippen LogP contribution in [0.3, 0.4) is 0 Å². The van der Waals surface area contributed by atoms with Crippen molar-refractivity contribution in [1.82, 2.24) is 4.98 Å². The molecule has 0 radical (unpaired) electrons. The molecular weight excluding hydrogens is 256 g/mol. The van der Waals surface area contributed by atoms with Crippen molar-refractivity contribution in [1.29, 1.82) is 5.26 Å². The Labute approximate surface area is 115 Å². The van der Waals surface area contributed by atoms with Crippen LogP contribution in [-0.4, -0.2) is 16.1 Å². The predicted molar refractivity (Wildman–Crippen MR) is 74.1 cm³/mol. The summed E-state index contributed by atoms with van der Waals surface area (Å²) in [7, 11) is 0. The quantitative estimate of drug-likeness (QED) is 0.780. The predicted octanol–water partition coefficient (Wildman–Crippen LogP) is 1.85. The fourth-order valence-electron chi connectivity index (χ4n) is 1.67. The Morgan fingerprint density at radius 3 is 2.70 bits per heavy atom. The topological polar surface area (TPSA) is 112 Å². The van der Waals surface area contributed by atoms with Gasteiger partial charge in [0, 0.05) is 6.54 Å². The Kier molecular flexibility index (Phi) is 3.82. The van der Waals surface area contributed by atoms with Crippen LogP contribution in [0.1, 0.15) is 21.5 Å². The molecule has 1 aromatic carbocycles. The molecule has 0 aliphatic carbocycles. The van der Waals surface area contributed by atoms with Crippen molar-refractivity contribution in [3.63, 3.8) is 0 Å². The molecule has 0 bridgehead atoms. The van der Waals surface area contributed by atoms with E-state index < -0.39 is 5.97 Å². The average molecular weight is 268 g/mol. The first-order valence-corrected chi connectivity index (χ1v) is 5.82. The number of benzene rings is 1. The summed E-state index contributed by atoms with van der Waals surface area (Å²) in [6.07, 6.45) is 1.40. The molecule has 0 fully saturated rings. The van der Waals surface area contributed by atoms with Gasteiger partial charge in [0.15, 0.2) is 0 Å². The smallest absolute Gasteiger partial charge is 0.339 e. The Bertz CT molecular complexity index is 675. The van der Waals surface area contributed by atoms with Gasteiger partial charge >= 0.3 is 5.97 Å². The Morgan fingerprint density at radius 1 is 1.40 bits per heavy atom. The lowest BCUT2D eigenvalue weighted by molar-refractivity contribution is 0.0697. The number of nitrogens with two attached hydrogens (primary N) is 1. The Hall–Kier alpha value is -3.07. The van der Waals surface area contributed by atoms with Gasteiger partial charge in [0.25, 0.3) is 0 Å². The summed E-state index contributed by atoms with van der Waals surface area (Å²) in [5.41, 5.74) is 7.33. The fourth-order valence-corrected chi connectivity index (χ4v) is 1.67. The van der Waals surface area contributed by atoms with Gasteiger partial charge in [-0.3, -0.25) is 0 Å². The molecule has 6 heteroatoms. The van der Waals surface area contributed by atoms with Crippen molar-refractivity contribution in [2.75, 3.05) is 11.1 Å². The minimum absolute atomic E-state index is 0.0265. The number of hydrogen-bond acceptors (Lipinski definition) is 5. The molecule has 0 spiro atoms. The highest BCUT2D eigenvalue weighted by atomic mass is 16.4. The summed E-state index contributed by atoms with van der Waals surface area (Å²) >= 11 is 0. The lowest BCUT2D eigenvalue weighted by atomic mass is 10.1. The molecule has 0 saturated heterocycles. The van der Waals surface area contributed by atoms with Crippen molar-refractivity contribution in [3.8, 4) is 6.07 Å². The molecule has 2 aromatic rings. The van der Waals surface area contributed by atoms with Crippen LogP contribution < -0.4 is 11.1 Å². The van der Waals surface area contributed by atoms with E-state index in [1.165, 1.54) is 12.3 Å². The van der Waals surface area contributed by atoms with E-state index >= 15 is 0 Å². The Balaban J connectivity index is 2.14. The zero-order valence-corrected chi connectivity index (χ0v) is 10.5. The number of rotatable bonds is 4. The van der Waals surface area contributed by atoms with Crippen LogP contribution >= 0.6 is 0 Å². The third-order valence-electron chi connectivity index (χ3n) is 2.68. The van der Waals surface area contributed by atoms with E-state index in [1.807, 2.05) is 6.07 Å². The number of nitrogens with zero attached hydrogens (tertiary/aromatic N) is 2. The number of anilines is 2. The maximum absolute atomic E-state index is 11.1. The van der Waals surface area contributed by atoms with Crippen molar-refractivity contribution in [3.05, 3.63) is 53.2 Å². The van der Waals surface area contributed by atoms with Gasteiger partial charge < -0.3 is 16.2 Å². The minimum Gasteiger partial charge on any atom is -0.478 e. The van der Waals surface area contributed by atoms with Gasteiger partial charge in [-0.2, -0.15) is 5.26 Å². The van der Waals surface area contributed by atoms with Crippen LogP contribution in [0.15, 0.2) is 36.5 Å². The number of nitrogens with one attached hydrogen (secondary N) is 1. The number of nitrogen functional groups attached to an aromatic ring is 1. The summed E-state index contributed by atoms with van der Waals surface area (Å²) in [5, 5.41) is 20.7. The molecule has 100 valence electrons. The third-order valence-corrected chi connectivity index (χ3v) is 2.68. The summed E-state index contributed by atoms with van der Waals surface area (Å²) in [5.74, 6) is -0.830. The van der Waals surface area contributed by atoms with Crippen LogP contribution in [0, 0.1) is 11.3 Å². The summed E-state index contributed by atoms with van der Waals surface area (Å²) < 4.78 is 0. The number of nitriles is 1. The van der Waals surface area contributed by atoms with Gasteiger partial charge in [-0.05, 0) is 23.8 Å². The SMILES string of the molecule is N#Cc1ccc(CNc2ncc(N)cc2C(=O)O)cc1. The first-order valence-electron chi connectivity index (χ1n) is 5.82. The lowest BCUT2D eigenvalue weighted by Crippen LogP contribution is -2.09. The first kappa shape index (κ1) is 13.4. The van der Waals surface area contributed by atoms with Crippen LogP contribution in [0.2, 0.25) is 0 Å². The molecule has 20 heavy (non-hydrogen) atoms. The number of carboxylic acids is 1. The summed E-state index contributed by atoms with van der Waals surface area (Å²) in [6.45, 7) is 0.406. The highest BCUT2D eigenvalue weighted by Gasteiger charge is 2.11. The van der Waals surface area contributed by atoms with Gasteiger partial charge in [0.2, 0.25) is 0 Å². The van der Waals surface area contributed by atoms with Crippen LogP contribution in [0.25, 0.3) is 0 Å². The van der Waals surface area contributed by atoms with E-state index in [0.717, 1.165) is 5.56 Å². The zero-order valence-electron chi connectivity index (χ0n) is 10.5. The fraction of sp³-hybridized carbons (Fsp3) is 0.0714. The zero-order chi connectivity index (χ0) is 14.5. The Morgan fingerprint density at radius 2 is 2.10 bits per heavy atom. The number of aromatic carboxylic acids is 1. The number of carbonyl (C=O) groups is 1. The van der Waals surface area contributed by atoms with Crippen LogP contribution in [-0.2, 0) is 6.54 Å². The van der Waals surface area contributed by atoms with Crippen LogP contribution in [0.4, 0.5) is 11.5 Å². The molecule has 1 aromatic heterocycles. The molecule has 0 amide bonds. The van der Waals surface area contributed by atoms with Gasteiger partial charge in [-0.15, -0.1) is 0 Å². The van der Waals surface area contributed by atoms with Gasteiger partial charge in [0.05, 0.1) is 23.5 Å². The van der Waals surface area contributed by atoms with Crippen LogP contribution in [0.5, 0.6) is 0 Å². The molecule has 0 aliphatic heterocycles. The van der Waals surface area contributed by atoms with Crippen molar-refractivity contribution in [2.24, 2.45) is 0 Å².